The van der Waals surface area contributed by atoms with E-state index in [4.69, 9.17) is 0 Å². The maximum atomic E-state index is 3.64. The third-order valence-electron chi connectivity index (χ3n) is 2.70. The fourth-order valence-electron chi connectivity index (χ4n) is 1.78. The minimum atomic E-state index is 0.392. The van der Waals surface area contributed by atoms with Crippen LogP contribution in [0.4, 0.5) is 0 Å². The molecule has 0 radical (unpaired) electrons. The standard InChI is InChI=1S/C13H16BrNS2/c1-8-4-5-12(17-8)9(2)15-10(3)13-6-11(14)7-16-13/h4-7,9-10,15H,1-3H3. The van der Waals surface area contributed by atoms with E-state index in [1.54, 1.807) is 11.3 Å². The molecule has 0 spiro atoms. The lowest BCUT2D eigenvalue weighted by atomic mass is 10.2. The first kappa shape index (κ1) is 13.3. The monoisotopic (exact) mass is 329 g/mol. The summed E-state index contributed by atoms with van der Waals surface area (Å²) in [6, 6.07) is 7.39. The van der Waals surface area contributed by atoms with Crippen LogP contribution < -0.4 is 5.32 Å². The van der Waals surface area contributed by atoms with Crippen LogP contribution in [0.1, 0.15) is 40.6 Å². The number of halogens is 1. The normalized spacial score (nSPS) is 14.8. The molecule has 0 aromatic carbocycles. The molecule has 0 saturated heterocycles. The van der Waals surface area contributed by atoms with Gasteiger partial charge in [-0.3, -0.25) is 0 Å². The van der Waals surface area contributed by atoms with E-state index in [9.17, 15) is 0 Å². The summed E-state index contributed by atoms with van der Waals surface area (Å²) in [5, 5.41) is 5.77. The highest BCUT2D eigenvalue weighted by atomic mass is 79.9. The molecule has 2 unspecified atom stereocenters. The van der Waals surface area contributed by atoms with Gasteiger partial charge in [-0.2, -0.15) is 0 Å². The molecule has 17 heavy (non-hydrogen) atoms. The molecule has 0 aliphatic carbocycles. The minimum Gasteiger partial charge on any atom is -0.302 e. The summed E-state index contributed by atoms with van der Waals surface area (Å²) >= 11 is 7.16. The van der Waals surface area contributed by atoms with E-state index in [0.717, 1.165) is 0 Å². The Morgan fingerprint density at radius 3 is 2.41 bits per heavy atom. The molecule has 1 N–H and O–H groups in total. The van der Waals surface area contributed by atoms with Gasteiger partial charge in [-0.15, -0.1) is 22.7 Å². The molecule has 2 heterocycles. The van der Waals surface area contributed by atoms with Gasteiger partial charge in [0, 0.05) is 36.6 Å². The van der Waals surface area contributed by atoms with Gasteiger partial charge in [0.05, 0.1) is 0 Å². The van der Waals surface area contributed by atoms with E-state index in [0.29, 0.717) is 12.1 Å². The third-order valence-corrected chi connectivity index (χ3v) is 5.76. The van der Waals surface area contributed by atoms with Crippen molar-refractivity contribution in [2.45, 2.75) is 32.9 Å². The maximum absolute atomic E-state index is 3.64. The largest absolute Gasteiger partial charge is 0.302 e. The molecule has 0 fully saturated rings. The number of thiophene rings is 2. The van der Waals surface area contributed by atoms with E-state index in [1.807, 2.05) is 11.3 Å². The van der Waals surface area contributed by atoms with Crippen molar-refractivity contribution < 1.29 is 0 Å². The molecule has 2 rings (SSSR count). The van der Waals surface area contributed by atoms with Gasteiger partial charge in [-0.05, 0) is 54.9 Å². The molecular weight excluding hydrogens is 314 g/mol. The van der Waals surface area contributed by atoms with Crippen LogP contribution in [-0.2, 0) is 0 Å². The Kier molecular flexibility index (Phi) is 4.42. The topological polar surface area (TPSA) is 12.0 Å². The second-order valence-electron chi connectivity index (χ2n) is 4.23. The maximum Gasteiger partial charge on any atom is 0.0391 e. The Hall–Kier alpha value is -0.160. The quantitative estimate of drug-likeness (QED) is 0.803. The van der Waals surface area contributed by atoms with Gasteiger partial charge < -0.3 is 5.32 Å². The second-order valence-corrected chi connectivity index (χ2v) is 7.40. The predicted molar refractivity (Wildman–Crippen MR) is 81.0 cm³/mol. The van der Waals surface area contributed by atoms with E-state index in [-0.39, 0.29) is 0 Å². The highest BCUT2D eigenvalue weighted by molar-refractivity contribution is 9.10. The van der Waals surface area contributed by atoms with E-state index >= 15 is 0 Å². The van der Waals surface area contributed by atoms with E-state index in [1.165, 1.54) is 19.1 Å². The summed E-state index contributed by atoms with van der Waals surface area (Å²) in [6.45, 7) is 6.60. The number of hydrogen-bond acceptors (Lipinski definition) is 3. The molecule has 0 aliphatic rings. The highest BCUT2D eigenvalue weighted by Gasteiger charge is 2.13. The number of aryl methyl sites for hydroxylation is 1. The molecule has 4 heteroatoms. The van der Waals surface area contributed by atoms with Crippen molar-refractivity contribution in [3.63, 3.8) is 0 Å². The molecule has 0 amide bonds. The van der Waals surface area contributed by atoms with Crippen LogP contribution in [0.2, 0.25) is 0 Å². The predicted octanol–water partition coefficient (Wildman–Crippen LogP) is 5.29. The van der Waals surface area contributed by atoms with Crippen molar-refractivity contribution in [3.8, 4) is 0 Å². The van der Waals surface area contributed by atoms with Gasteiger partial charge in [-0.25, -0.2) is 0 Å². The number of rotatable bonds is 4. The summed E-state index contributed by atoms with van der Waals surface area (Å²) in [5.74, 6) is 0. The lowest BCUT2D eigenvalue weighted by Gasteiger charge is -2.18. The Morgan fingerprint density at radius 2 is 1.88 bits per heavy atom. The third kappa shape index (κ3) is 3.41. The van der Waals surface area contributed by atoms with Gasteiger partial charge in [0.1, 0.15) is 0 Å². The number of hydrogen-bond donors (Lipinski definition) is 1. The second kappa shape index (κ2) is 5.65. The molecule has 1 nitrogen and oxygen atoms in total. The zero-order chi connectivity index (χ0) is 12.4. The summed E-state index contributed by atoms with van der Waals surface area (Å²) in [5.41, 5.74) is 0. The Labute approximate surface area is 119 Å². The molecule has 2 atom stereocenters. The van der Waals surface area contributed by atoms with Crippen molar-refractivity contribution >= 4 is 38.6 Å². The van der Waals surface area contributed by atoms with Crippen LogP contribution in [0, 0.1) is 6.92 Å². The molecule has 2 aromatic heterocycles. The first-order chi connectivity index (χ1) is 8.06. The zero-order valence-electron chi connectivity index (χ0n) is 10.2. The molecule has 0 saturated carbocycles. The lowest BCUT2D eigenvalue weighted by molar-refractivity contribution is 0.505. The van der Waals surface area contributed by atoms with Gasteiger partial charge in [0.25, 0.3) is 0 Å². The minimum absolute atomic E-state index is 0.392. The smallest absolute Gasteiger partial charge is 0.0391 e. The first-order valence-electron chi connectivity index (χ1n) is 5.62. The summed E-state index contributed by atoms with van der Waals surface area (Å²) < 4.78 is 1.17. The Morgan fingerprint density at radius 1 is 1.18 bits per heavy atom. The van der Waals surface area contributed by atoms with Gasteiger partial charge in [0.15, 0.2) is 0 Å². The van der Waals surface area contributed by atoms with Gasteiger partial charge in [0.2, 0.25) is 0 Å². The Bertz CT molecular complexity index is 445. The van der Waals surface area contributed by atoms with Crippen LogP contribution in [0.25, 0.3) is 0 Å². The zero-order valence-corrected chi connectivity index (χ0v) is 13.4. The average Bonchev–Trinajstić information content (AvgIpc) is 2.87. The average molecular weight is 330 g/mol. The van der Waals surface area contributed by atoms with Crippen molar-refractivity contribution in [2.24, 2.45) is 0 Å². The fraction of sp³-hybridized carbons (Fsp3) is 0.385. The molecule has 92 valence electrons. The summed E-state index contributed by atoms with van der Waals surface area (Å²) in [4.78, 5) is 4.15. The summed E-state index contributed by atoms with van der Waals surface area (Å²) in [7, 11) is 0. The van der Waals surface area contributed by atoms with Crippen LogP contribution in [0.5, 0.6) is 0 Å². The molecule has 0 bridgehead atoms. The summed E-state index contributed by atoms with van der Waals surface area (Å²) in [6.07, 6.45) is 0. The first-order valence-corrected chi connectivity index (χ1v) is 8.11. The van der Waals surface area contributed by atoms with Crippen LogP contribution in [0.15, 0.2) is 28.1 Å². The van der Waals surface area contributed by atoms with Crippen LogP contribution in [0.3, 0.4) is 0 Å². The fourth-order valence-corrected chi connectivity index (χ4v) is 4.13. The van der Waals surface area contributed by atoms with Crippen LogP contribution >= 0.6 is 38.6 Å². The van der Waals surface area contributed by atoms with Gasteiger partial charge in [-0.1, -0.05) is 0 Å². The SMILES string of the molecule is Cc1ccc(C(C)NC(C)c2cc(Br)cs2)s1. The molecule has 2 aromatic rings. The van der Waals surface area contributed by atoms with E-state index < -0.39 is 0 Å². The molecule has 0 aliphatic heterocycles. The number of nitrogens with one attached hydrogen (secondary N) is 1. The van der Waals surface area contributed by atoms with Crippen molar-refractivity contribution in [3.05, 3.63) is 42.7 Å². The van der Waals surface area contributed by atoms with Crippen LogP contribution in [-0.4, -0.2) is 0 Å². The van der Waals surface area contributed by atoms with Crippen molar-refractivity contribution in [2.75, 3.05) is 0 Å². The molecular formula is C13H16BrNS2. The highest BCUT2D eigenvalue weighted by Crippen LogP contribution is 2.29. The van der Waals surface area contributed by atoms with Gasteiger partial charge >= 0.3 is 0 Å². The van der Waals surface area contributed by atoms with E-state index in [2.05, 4.69) is 65.6 Å². The Balaban J connectivity index is 2.01. The lowest BCUT2D eigenvalue weighted by Crippen LogP contribution is -2.21. The van der Waals surface area contributed by atoms with Crippen molar-refractivity contribution in [1.82, 2.24) is 5.32 Å². The van der Waals surface area contributed by atoms with Crippen molar-refractivity contribution in [1.29, 1.82) is 0 Å².